The van der Waals surface area contributed by atoms with E-state index in [1.807, 2.05) is 0 Å². The number of hydroxylamine groups is 2. The largest absolute Gasteiger partial charge is 0.344 e. The highest BCUT2D eigenvalue weighted by Crippen LogP contribution is 2.29. The summed E-state index contributed by atoms with van der Waals surface area (Å²) < 4.78 is 23.2. The van der Waals surface area contributed by atoms with Gasteiger partial charge in [0.05, 0.1) is 4.90 Å². The van der Waals surface area contributed by atoms with E-state index in [1.54, 1.807) is 0 Å². The van der Waals surface area contributed by atoms with E-state index in [-0.39, 0.29) is 10.6 Å². The molecule has 0 aromatic heterocycles. The van der Waals surface area contributed by atoms with E-state index in [0.29, 0.717) is 10.6 Å². The Kier molecular flexibility index (Phi) is 4.62. The van der Waals surface area contributed by atoms with Crippen molar-refractivity contribution in [2.75, 3.05) is 27.4 Å². The van der Waals surface area contributed by atoms with Gasteiger partial charge in [-0.2, -0.15) is 10.2 Å². The molecule has 0 saturated heterocycles. The summed E-state index contributed by atoms with van der Waals surface area (Å²) in [6.45, 7) is 1.38. The molecule has 10 heteroatoms. The van der Waals surface area contributed by atoms with Gasteiger partial charge in [-0.25, -0.2) is 18.2 Å². The third-order valence-electron chi connectivity index (χ3n) is 3.96. The molecule has 0 saturated carbocycles. The summed E-state index contributed by atoms with van der Waals surface area (Å²) in [6, 6.07) is 4.94. The van der Waals surface area contributed by atoms with Crippen LogP contribution in [-0.4, -0.2) is 79.2 Å². The first-order chi connectivity index (χ1) is 11.4. The lowest BCUT2D eigenvalue weighted by Gasteiger charge is -2.33. The quantitative estimate of drug-likeness (QED) is 0.613. The molecule has 0 radical (unpaired) electrons. The van der Waals surface area contributed by atoms with Gasteiger partial charge >= 0.3 is 6.03 Å². The van der Waals surface area contributed by atoms with Crippen molar-refractivity contribution >= 4 is 27.5 Å². The van der Waals surface area contributed by atoms with Gasteiger partial charge in [0, 0.05) is 33.0 Å². The molecule has 2 rings (SSSR count). The third kappa shape index (κ3) is 3.10. The molecule has 1 aliphatic heterocycles. The van der Waals surface area contributed by atoms with Gasteiger partial charge in [0.25, 0.3) is 5.91 Å². The molecule has 1 N–H and O–H groups in total. The van der Waals surface area contributed by atoms with Crippen molar-refractivity contribution in [3.8, 4) is 0 Å². The van der Waals surface area contributed by atoms with Gasteiger partial charge in [-0.15, -0.1) is 0 Å². The number of sulfone groups is 1. The second-order valence-electron chi connectivity index (χ2n) is 6.13. The van der Waals surface area contributed by atoms with Crippen LogP contribution in [0.25, 0.3) is 0 Å². The molecule has 25 heavy (non-hydrogen) atoms. The lowest BCUT2D eigenvalue weighted by Crippen LogP contribution is -2.60. The molecule has 0 bridgehead atoms. The first-order valence-corrected chi connectivity index (χ1v) is 9.18. The number of rotatable bonds is 3. The first kappa shape index (κ1) is 18.9. The second-order valence-corrected chi connectivity index (χ2v) is 8.15. The van der Waals surface area contributed by atoms with Gasteiger partial charge in [0.15, 0.2) is 15.4 Å². The Morgan fingerprint density at radius 3 is 2.20 bits per heavy atom. The molecule has 0 spiro atoms. The summed E-state index contributed by atoms with van der Waals surface area (Å²) in [7, 11) is 0.917. The van der Waals surface area contributed by atoms with E-state index in [9.17, 15) is 23.2 Å². The zero-order chi connectivity index (χ0) is 19.2. The number of urea groups is 1. The smallest absolute Gasteiger partial charge is 0.329 e. The Bertz CT molecular complexity index is 847. The average Bonchev–Trinajstić information content (AvgIpc) is 2.78. The molecule has 1 unspecified atom stereocenters. The number of hydrogen-bond acceptors (Lipinski definition) is 6. The second kappa shape index (κ2) is 6.12. The van der Waals surface area contributed by atoms with Crippen LogP contribution in [0.1, 0.15) is 12.5 Å². The maximum absolute atomic E-state index is 12.5. The van der Waals surface area contributed by atoms with Crippen molar-refractivity contribution < 1.29 is 23.2 Å². The van der Waals surface area contributed by atoms with Crippen molar-refractivity contribution in [2.24, 2.45) is 5.10 Å². The van der Waals surface area contributed by atoms with E-state index in [2.05, 4.69) is 5.10 Å². The number of likely N-dealkylation sites (N-methyl/N-ethyl adjacent to an activating group) is 1. The monoisotopic (exact) mass is 368 g/mol. The number of nitrogens with zero attached hydrogens (tertiary/aromatic N) is 4. The minimum atomic E-state index is -3.37. The Labute approximate surface area is 146 Å². The Morgan fingerprint density at radius 2 is 1.76 bits per heavy atom. The van der Waals surface area contributed by atoms with E-state index in [0.717, 1.165) is 16.2 Å². The predicted octanol–water partition coefficient (Wildman–Crippen LogP) is 0.398. The fourth-order valence-corrected chi connectivity index (χ4v) is 3.11. The first-order valence-electron chi connectivity index (χ1n) is 7.28. The van der Waals surface area contributed by atoms with Gasteiger partial charge in [-0.05, 0) is 19.1 Å². The molecule has 1 aliphatic rings. The summed E-state index contributed by atoms with van der Waals surface area (Å²) in [5.74, 6) is -0.590. The highest BCUT2D eigenvalue weighted by Gasteiger charge is 2.53. The lowest BCUT2D eigenvalue weighted by atomic mass is 9.90. The van der Waals surface area contributed by atoms with Gasteiger partial charge < -0.3 is 4.90 Å². The molecule has 3 amide bonds. The van der Waals surface area contributed by atoms with Crippen molar-refractivity contribution in [1.29, 1.82) is 0 Å². The van der Waals surface area contributed by atoms with Crippen LogP contribution in [0.2, 0.25) is 0 Å². The Hall–Kier alpha value is -2.46. The maximum Gasteiger partial charge on any atom is 0.344 e. The highest BCUT2D eigenvalue weighted by molar-refractivity contribution is 7.90. The van der Waals surface area contributed by atoms with Gasteiger partial charge in [-0.3, -0.25) is 10.0 Å². The van der Waals surface area contributed by atoms with Crippen LogP contribution in [0.15, 0.2) is 34.3 Å². The number of carbonyl (C=O) groups excluding carboxylic acids is 2. The molecule has 0 aliphatic carbocycles. The maximum atomic E-state index is 12.5. The fraction of sp³-hybridized carbons (Fsp3) is 0.400. The van der Waals surface area contributed by atoms with Crippen molar-refractivity contribution in [3.63, 3.8) is 0 Å². The minimum Gasteiger partial charge on any atom is -0.329 e. The standard InChI is InChI=1S/C15H20N4O5S/c1-15(19(22)14(21)17(2)3)12(16-18(4)13(15)20)10-6-8-11(9-7-10)25(5,23)24/h6-9,22H,1-5H3. The van der Waals surface area contributed by atoms with Crippen LogP contribution >= 0.6 is 0 Å². The molecular formula is C15H20N4O5S. The Morgan fingerprint density at radius 1 is 1.24 bits per heavy atom. The SMILES string of the molecule is CN(C)C(=O)N(O)C1(C)C(=O)N(C)N=C1c1ccc(S(C)(=O)=O)cc1. The van der Waals surface area contributed by atoms with E-state index >= 15 is 0 Å². The summed E-state index contributed by atoms with van der Waals surface area (Å²) in [4.78, 5) is 25.9. The average molecular weight is 368 g/mol. The summed E-state index contributed by atoms with van der Waals surface area (Å²) in [5.41, 5.74) is -1.18. The number of benzene rings is 1. The zero-order valence-corrected chi connectivity index (χ0v) is 15.4. The van der Waals surface area contributed by atoms with E-state index in [4.69, 9.17) is 0 Å². The van der Waals surface area contributed by atoms with Crippen molar-refractivity contribution in [2.45, 2.75) is 17.4 Å². The summed E-state index contributed by atoms with van der Waals surface area (Å²) >= 11 is 0. The van der Waals surface area contributed by atoms with Crippen molar-refractivity contribution in [3.05, 3.63) is 29.8 Å². The van der Waals surface area contributed by atoms with Crippen LogP contribution < -0.4 is 0 Å². The number of carbonyl (C=O) groups is 2. The molecule has 136 valence electrons. The Balaban J connectivity index is 2.52. The third-order valence-corrected chi connectivity index (χ3v) is 5.09. The van der Waals surface area contributed by atoms with E-state index < -0.39 is 27.3 Å². The van der Waals surface area contributed by atoms with Crippen LogP contribution in [0, 0.1) is 0 Å². The van der Waals surface area contributed by atoms with Gasteiger partial charge in [-0.1, -0.05) is 12.1 Å². The van der Waals surface area contributed by atoms with Gasteiger partial charge in [0.1, 0.15) is 5.71 Å². The number of amides is 3. The molecule has 1 aromatic rings. The van der Waals surface area contributed by atoms with Crippen LogP contribution in [0.5, 0.6) is 0 Å². The molecule has 0 fully saturated rings. The van der Waals surface area contributed by atoms with Crippen LogP contribution in [-0.2, 0) is 14.6 Å². The molecule has 1 heterocycles. The van der Waals surface area contributed by atoms with Crippen LogP contribution in [0.3, 0.4) is 0 Å². The molecule has 1 aromatic carbocycles. The topological polar surface area (TPSA) is 111 Å². The lowest BCUT2D eigenvalue weighted by molar-refractivity contribution is -0.153. The highest BCUT2D eigenvalue weighted by atomic mass is 32.2. The normalized spacial score (nSPS) is 20.5. The predicted molar refractivity (Wildman–Crippen MR) is 90.0 cm³/mol. The summed E-state index contributed by atoms with van der Waals surface area (Å²) in [6.07, 6.45) is 1.09. The van der Waals surface area contributed by atoms with Crippen LogP contribution in [0.4, 0.5) is 4.79 Å². The van der Waals surface area contributed by atoms with Crippen molar-refractivity contribution in [1.82, 2.24) is 15.0 Å². The molecular weight excluding hydrogens is 348 g/mol. The summed E-state index contributed by atoms with van der Waals surface area (Å²) in [5, 5.41) is 15.9. The van der Waals surface area contributed by atoms with E-state index in [1.165, 1.54) is 52.3 Å². The zero-order valence-electron chi connectivity index (χ0n) is 14.6. The minimum absolute atomic E-state index is 0.112. The number of hydrogen-bond donors (Lipinski definition) is 1. The number of hydrazone groups is 1. The fourth-order valence-electron chi connectivity index (χ4n) is 2.48. The van der Waals surface area contributed by atoms with Gasteiger partial charge in [0.2, 0.25) is 0 Å². The molecule has 1 atom stereocenters. The molecule has 9 nitrogen and oxygen atoms in total.